The maximum absolute atomic E-state index is 5.41. The third-order valence-corrected chi connectivity index (χ3v) is 4.89. The van der Waals surface area contributed by atoms with Gasteiger partial charge in [-0.1, -0.05) is 26.7 Å². The zero-order chi connectivity index (χ0) is 19.5. The number of hydrogen-bond acceptors (Lipinski definition) is 5. The van der Waals surface area contributed by atoms with Gasteiger partial charge in [0.1, 0.15) is 12.4 Å². The van der Waals surface area contributed by atoms with Crippen LogP contribution in [0.5, 0.6) is 0 Å². The lowest BCUT2D eigenvalue weighted by Gasteiger charge is -2.26. The smallest absolute Gasteiger partial charge is 0.191 e. The molecule has 1 aromatic heterocycles. The van der Waals surface area contributed by atoms with Crippen LogP contribution in [0.25, 0.3) is 0 Å². The number of hydrogen-bond donors (Lipinski definition) is 2. The van der Waals surface area contributed by atoms with Gasteiger partial charge in [-0.2, -0.15) is 0 Å². The molecule has 0 bridgehead atoms. The van der Waals surface area contributed by atoms with Gasteiger partial charge < -0.3 is 19.9 Å². The summed E-state index contributed by atoms with van der Waals surface area (Å²) in [7, 11) is 1.98. The number of nitrogens with zero attached hydrogens (tertiary/aromatic N) is 5. The lowest BCUT2D eigenvalue weighted by atomic mass is 10.1. The number of unbranched alkanes of at least 4 members (excludes halogenated alkanes) is 1. The van der Waals surface area contributed by atoms with E-state index in [1.807, 2.05) is 18.5 Å². The largest absolute Gasteiger partial charge is 0.379 e. The molecule has 162 valence electrons. The highest BCUT2D eigenvalue weighted by Gasteiger charge is 2.10. The van der Waals surface area contributed by atoms with E-state index in [4.69, 9.17) is 9.73 Å². The second-order valence-corrected chi connectivity index (χ2v) is 7.58. The van der Waals surface area contributed by atoms with Gasteiger partial charge in [-0.05, 0) is 19.3 Å². The zero-order valence-corrected chi connectivity index (χ0v) is 20.2. The van der Waals surface area contributed by atoms with Crippen molar-refractivity contribution in [3.8, 4) is 0 Å². The summed E-state index contributed by atoms with van der Waals surface area (Å²) in [6.07, 6.45) is 3.68. The van der Waals surface area contributed by atoms with Gasteiger partial charge in [0.05, 0.1) is 13.2 Å². The molecule has 1 aliphatic heterocycles. The Balaban J connectivity index is 0.00000392. The van der Waals surface area contributed by atoms with E-state index in [0.29, 0.717) is 6.54 Å². The number of ether oxygens (including phenoxy) is 1. The number of halogens is 1. The molecule has 1 fully saturated rings. The SMILES string of the molecule is Cc1nnc(CN=C(NCCCCC(C)C)NCCN2CCOCC2)n1C.I. The molecule has 0 atom stereocenters. The van der Waals surface area contributed by atoms with Crippen molar-refractivity contribution in [2.24, 2.45) is 18.0 Å². The molecule has 0 unspecified atom stereocenters. The molecule has 28 heavy (non-hydrogen) atoms. The minimum Gasteiger partial charge on any atom is -0.379 e. The van der Waals surface area contributed by atoms with Gasteiger partial charge >= 0.3 is 0 Å². The quantitative estimate of drug-likeness (QED) is 0.218. The van der Waals surface area contributed by atoms with Crippen LogP contribution < -0.4 is 10.6 Å². The Kier molecular flexibility index (Phi) is 12.6. The zero-order valence-electron chi connectivity index (χ0n) is 17.9. The summed E-state index contributed by atoms with van der Waals surface area (Å²) in [4.78, 5) is 7.13. The van der Waals surface area contributed by atoms with Crippen molar-refractivity contribution < 1.29 is 4.74 Å². The van der Waals surface area contributed by atoms with E-state index in [-0.39, 0.29) is 24.0 Å². The van der Waals surface area contributed by atoms with Gasteiger partial charge in [0.25, 0.3) is 0 Å². The lowest BCUT2D eigenvalue weighted by molar-refractivity contribution is 0.0389. The fourth-order valence-electron chi connectivity index (χ4n) is 2.95. The van der Waals surface area contributed by atoms with E-state index in [2.05, 4.69) is 39.6 Å². The second kappa shape index (κ2) is 14.1. The van der Waals surface area contributed by atoms with E-state index in [1.165, 1.54) is 12.8 Å². The highest BCUT2D eigenvalue weighted by molar-refractivity contribution is 14.0. The third-order valence-electron chi connectivity index (χ3n) is 4.89. The molecule has 0 saturated carbocycles. The van der Waals surface area contributed by atoms with Crippen LogP contribution in [0.15, 0.2) is 4.99 Å². The van der Waals surface area contributed by atoms with Gasteiger partial charge in [-0.25, -0.2) is 4.99 Å². The molecule has 1 aliphatic rings. The summed E-state index contributed by atoms with van der Waals surface area (Å²) >= 11 is 0. The van der Waals surface area contributed by atoms with Crippen LogP contribution in [0.2, 0.25) is 0 Å². The Morgan fingerprint density at radius 2 is 1.86 bits per heavy atom. The van der Waals surface area contributed by atoms with Gasteiger partial charge in [-0.15, -0.1) is 34.2 Å². The topological polar surface area (TPSA) is 79.6 Å². The number of nitrogens with one attached hydrogen (secondary N) is 2. The highest BCUT2D eigenvalue weighted by atomic mass is 127. The first kappa shape index (κ1) is 25.1. The van der Waals surface area contributed by atoms with Crippen molar-refractivity contribution in [1.82, 2.24) is 30.3 Å². The van der Waals surface area contributed by atoms with Crippen molar-refractivity contribution in [2.75, 3.05) is 45.9 Å². The Labute approximate surface area is 186 Å². The van der Waals surface area contributed by atoms with Crippen molar-refractivity contribution in [3.05, 3.63) is 11.6 Å². The predicted octanol–water partition coefficient (Wildman–Crippen LogP) is 1.94. The van der Waals surface area contributed by atoms with Crippen LogP contribution in [-0.2, 0) is 18.3 Å². The molecular formula is C19H38IN7O. The van der Waals surface area contributed by atoms with Crippen LogP contribution in [0, 0.1) is 12.8 Å². The number of morpholine rings is 1. The Bertz CT molecular complexity index is 571. The van der Waals surface area contributed by atoms with Crippen LogP contribution in [-0.4, -0.2) is 71.6 Å². The summed E-state index contributed by atoms with van der Waals surface area (Å²) in [5.41, 5.74) is 0. The van der Waals surface area contributed by atoms with Gasteiger partial charge in [0, 0.05) is 39.8 Å². The average Bonchev–Trinajstić information content (AvgIpc) is 2.98. The van der Waals surface area contributed by atoms with Crippen LogP contribution >= 0.6 is 24.0 Å². The van der Waals surface area contributed by atoms with Crippen LogP contribution in [0.3, 0.4) is 0 Å². The van der Waals surface area contributed by atoms with E-state index >= 15 is 0 Å². The standard InChI is InChI=1S/C19H37N7O.HI/c1-16(2)7-5-6-8-20-19(21-9-10-26-11-13-27-14-12-26)22-15-18-24-23-17(3)25(18)4;/h16H,5-15H2,1-4H3,(H2,20,21,22);1H. The molecule has 0 spiro atoms. The van der Waals surface area contributed by atoms with Crippen LogP contribution in [0.1, 0.15) is 44.8 Å². The first-order valence-electron chi connectivity index (χ1n) is 10.2. The van der Waals surface area contributed by atoms with Crippen molar-refractivity contribution >= 4 is 29.9 Å². The van der Waals surface area contributed by atoms with Crippen molar-refractivity contribution in [2.45, 2.75) is 46.6 Å². The van der Waals surface area contributed by atoms with E-state index in [0.717, 1.165) is 75.9 Å². The minimum atomic E-state index is 0. The molecule has 9 heteroatoms. The summed E-state index contributed by atoms with van der Waals surface area (Å²) in [5, 5.41) is 15.2. The Morgan fingerprint density at radius 3 is 2.50 bits per heavy atom. The number of guanidine groups is 1. The predicted molar refractivity (Wildman–Crippen MR) is 124 cm³/mol. The third kappa shape index (κ3) is 9.51. The first-order valence-corrected chi connectivity index (χ1v) is 10.2. The molecule has 1 aromatic rings. The molecule has 0 radical (unpaired) electrons. The lowest BCUT2D eigenvalue weighted by Crippen LogP contribution is -2.44. The molecule has 0 aromatic carbocycles. The number of rotatable bonds is 10. The number of aliphatic imine (C=N–C) groups is 1. The molecule has 0 amide bonds. The maximum Gasteiger partial charge on any atom is 0.191 e. The fraction of sp³-hybridized carbons (Fsp3) is 0.842. The van der Waals surface area contributed by atoms with E-state index in [1.54, 1.807) is 0 Å². The fourth-order valence-corrected chi connectivity index (χ4v) is 2.95. The monoisotopic (exact) mass is 507 g/mol. The Morgan fingerprint density at radius 1 is 1.14 bits per heavy atom. The number of aromatic nitrogens is 3. The summed E-state index contributed by atoms with van der Waals surface area (Å²) in [6.45, 7) is 13.5. The highest BCUT2D eigenvalue weighted by Crippen LogP contribution is 2.05. The van der Waals surface area contributed by atoms with Crippen LogP contribution in [0.4, 0.5) is 0 Å². The Hall–Kier alpha value is -0.940. The summed E-state index contributed by atoms with van der Waals surface area (Å²) in [5.74, 6) is 3.41. The van der Waals surface area contributed by atoms with Crippen molar-refractivity contribution in [1.29, 1.82) is 0 Å². The van der Waals surface area contributed by atoms with Gasteiger partial charge in [0.2, 0.25) is 0 Å². The summed E-state index contributed by atoms with van der Waals surface area (Å²) < 4.78 is 7.39. The summed E-state index contributed by atoms with van der Waals surface area (Å²) in [6, 6.07) is 0. The van der Waals surface area contributed by atoms with E-state index < -0.39 is 0 Å². The van der Waals surface area contributed by atoms with Gasteiger partial charge in [0.15, 0.2) is 11.8 Å². The normalized spacial score (nSPS) is 15.5. The minimum absolute atomic E-state index is 0. The maximum atomic E-state index is 5.41. The molecule has 8 nitrogen and oxygen atoms in total. The number of aryl methyl sites for hydroxylation is 1. The van der Waals surface area contributed by atoms with Gasteiger partial charge in [-0.3, -0.25) is 4.90 Å². The molecule has 2 heterocycles. The van der Waals surface area contributed by atoms with Crippen molar-refractivity contribution in [3.63, 3.8) is 0 Å². The second-order valence-electron chi connectivity index (χ2n) is 7.58. The average molecular weight is 507 g/mol. The first-order chi connectivity index (χ1) is 13.1. The molecule has 0 aliphatic carbocycles. The molecule has 2 rings (SSSR count). The van der Waals surface area contributed by atoms with E-state index in [9.17, 15) is 0 Å². The molecule has 2 N–H and O–H groups in total. The molecular weight excluding hydrogens is 469 g/mol. The molecule has 1 saturated heterocycles.